The fraction of sp³-hybridized carbons (Fsp3) is 0.222. The number of halogens is 1. The standard InChI is InChI=1S/C9H10FN3OS/c10-7-8(6-1-4-15-5-6)12-13(2-3-14)9(7)11/h1,4-5,14H,2-3,11H2. The van der Waals surface area contributed by atoms with E-state index in [2.05, 4.69) is 5.10 Å². The Kier molecular flexibility index (Phi) is 2.70. The van der Waals surface area contributed by atoms with Crippen LogP contribution >= 0.6 is 11.3 Å². The number of rotatable bonds is 3. The molecule has 0 atom stereocenters. The smallest absolute Gasteiger partial charge is 0.192 e. The molecule has 0 saturated carbocycles. The van der Waals surface area contributed by atoms with Crippen LogP contribution in [0.15, 0.2) is 16.8 Å². The molecule has 0 unspecified atom stereocenters. The van der Waals surface area contributed by atoms with Crippen molar-refractivity contribution in [2.75, 3.05) is 12.3 Å². The van der Waals surface area contributed by atoms with E-state index in [0.29, 0.717) is 5.56 Å². The van der Waals surface area contributed by atoms with Gasteiger partial charge in [-0.3, -0.25) is 0 Å². The van der Waals surface area contributed by atoms with Gasteiger partial charge in [0, 0.05) is 10.9 Å². The van der Waals surface area contributed by atoms with Gasteiger partial charge in [0.05, 0.1) is 13.2 Å². The molecule has 0 aromatic carbocycles. The Bertz CT molecular complexity index is 452. The fourth-order valence-electron chi connectivity index (χ4n) is 1.30. The molecule has 80 valence electrons. The molecule has 0 amide bonds. The Morgan fingerprint density at radius 3 is 3.00 bits per heavy atom. The highest BCUT2D eigenvalue weighted by Gasteiger charge is 2.16. The molecule has 0 bridgehead atoms. The third-order valence-corrected chi connectivity index (χ3v) is 2.72. The number of nitrogens with zero attached hydrogens (tertiary/aromatic N) is 2. The lowest BCUT2D eigenvalue weighted by molar-refractivity contribution is 0.270. The number of nitrogens with two attached hydrogens (primary N) is 1. The zero-order valence-electron chi connectivity index (χ0n) is 7.85. The van der Waals surface area contributed by atoms with Crippen LogP contribution in [0.5, 0.6) is 0 Å². The summed E-state index contributed by atoms with van der Waals surface area (Å²) in [6.45, 7) is 0.0846. The second-order valence-electron chi connectivity index (χ2n) is 3.01. The van der Waals surface area contributed by atoms with Gasteiger partial charge in [-0.1, -0.05) is 0 Å². The maximum absolute atomic E-state index is 13.6. The second-order valence-corrected chi connectivity index (χ2v) is 3.79. The number of nitrogen functional groups attached to an aromatic ring is 1. The van der Waals surface area contributed by atoms with E-state index in [4.69, 9.17) is 10.8 Å². The van der Waals surface area contributed by atoms with Crippen LogP contribution in [0.2, 0.25) is 0 Å². The number of hydrogen-bond donors (Lipinski definition) is 2. The molecule has 0 spiro atoms. The molecule has 2 rings (SSSR count). The van der Waals surface area contributed by atoms with Gasteiger partial charge in [-0.05, 0) is 11.4 Å². The average molecular weight is 227 g/mol. The van der Waals surface area contributed by atoms with Gasteiger partial charge in [0.15, 0.2) is 11.6 Å². The highest BCUT2D eigenvalue weighted by Crippen LogP contribution is 2.26. The largest absolute Gasteiger partial charge is 0.394 e. The third-order valence-electron chi connectivity index (χ3n) is 2.04. The van der Waals surface area contributed by atoms with Gasteiger partial charge in [0.1, 0.15) is 5.69 Å². The first kappa shape index (κ1) is 10.1. The first-order valence-electron chi connectivity index (χ1n) is 4.39. The van der Waals surface area contributed by atoms with Crippen molar-refractivity contribution < 1.29 is 9.50 Å². The van der Waals surface area contributed by atoms with Gasteiger partial charge >= 0.3 is 0 Å². The summed E-state index contributed by atoms with van der Waals surface area (Å²) >= 11 is 1.47. The molecule has 4 nitrogen and oxygen atoms in total. The van der Waals surface area contributed by atoms with Crippen LogP contribution in [0.1, 0.15) is 0 Å². The predicted molar refractivity (Wildman–Crippen MR) is 57.0 cm³/mol. The summed E-state index contributed by atoms with van der Waals surface area (Å²) in [4.78, 5) is 0. The summed E-state index contributed by atoms with van der Waals surface area (Å²) in [5.74, 6) is -0.563. The number of aliphatic hydroxyl groups is 1. The Morgan fingerprint density at radius 1 is 1.60 bits per heavy atom. The molecular weight excluding hydrogens is 217 g/mol. The van der Waals surface area contributed by atoms with E-state index in [9.17, 15) is 4.39 Å². The third kappa shape index (κ3) is 1.73. The summed E-state index contributed by atoms with van der Waals surface area (Å²) in [6.07, 6.45) is 0. The van der Waals surface area contributed by atoms with Crippen molar-refractivity contribution in [3.63, 3.8) is 0 Å². The van der Waals surface area contributed by atoms with Gasteiger partial charge in [-0.25, -0.2) is 9.07 Å². The number of aromatic nitrogens is 2. The average Bonchev–Trinajstić information content (AvgIpc) is 2.82. The number of anilines is 1. The van der Waals surface area contributed by atoms with Crippen molar-refractivity contribution in [1.29, 1.82) is 0 Å². The summed E-state index contributed by atoms with van der Waals surface area (Å²) in [5.41, 5.74) is 6.46. The Balaban J connectivity index is 2.45. The molecule has 2 aromatic heterocycles. The first-order chi connectivity index (χ1) is 7.24. The molecule has 0 aliphatic heterocycles. The maximum atomic E-state index is 13.6. The summed E-state index contributed by atoms with van der Waals surface area (Å²) in [6, 6.07) is 1.78. The van der Waals surface area contributed by atoms with Crippen LogP contribution in [0.3, 0.4) is 0 Å². The molecule has 2 heterocycles. The highest BCUT2D eigenvalue weighted by molar-refractivity contribution is 7.08. The van der Waals surface area contributed by atoms with Crippen molar-refractivity contribution in [3.8, 4) is 11.3 Å². The first-order valence-corrected chi connectivity index (χ1v) is 5.33. The van der Waals surface area contributed by atoms with E-state index in [-0.39, 0.29) is 24.7 Å². The minimum absolute atomic E-state index is 0.0368. The molecule has 3 N–H and O–H groups in total. The van der Waals surface area contributed by atoms with Crippen LogP contribution in [0.25, 0.3) is 11.3 Å². The van der Waals surface area contributed by atoms with Crippen molar-refractivity contribution in [1.82, 2.24) is 9.78 Å². The second kappa shape index (κ2) is 4.00. The molecule has 0 aliphatic carbocycles. The van der Waals surface area contributed by atoms with Crippen molar-refractivity contribution in [2.45, 2.75) is 6.54 Å². The van der Waals surface area contributed by atoms with Crippen LogP contribution in [-0.4, -0.2) is 21.5 Å². The zero-order valence-corrected chi connectivity index (χ0v) is 8.67. The number of thiophene rings is 1. The molecule has 6 heteroatoms. The summed E-state index contributed by atoms with van der Waals surface area (Å²) in [7, 11) is 0. The Labute approximate surface area is 89.8 Å². The van der Waals surface area contributed by atoms with Gasteiger partial charge in [-0.15, -0.1) is 0 Å². The fourth-order valence-corrected chi connectivity index (χ4v) is 1.94. The minimum atomic E-state index is -0.526. The molecule has 15 heavy (non-hydrogen) atoms. The highest BCUT2D eigenvalue weighted by atomic mass is 32.1. The van der Waals surface area contributed by atoms with Gasteiger partial charge in [-0.2, -0.15) is 16.4 Å². The van der Waals surface area contributed by atoms with Crippen LogP contribution in [-0.2, 0) is 6.54 Å². The van der Waals surface area contributed by atoms with Crippen LogP contribution in [0, 0.1) is 5.82 Å². The predicted octanol–water partition coefficient (Wildman–Crippen LogP) is 1.33. The zero-order chi connectivity index (χ0) is 10.8. The van der Waals surface area contributed by atoms with Crippen LogP contribution < -0.4 is 5.73 Å². The Morgan fingerprint density at radius 2 is 2.40 bits per heavy atom. The van der Waals surface area contributed by atoms with Crippen molar-refractivity contribution >= 4 is 17.2 Å². The maximum Gasteiger partial charge on any atom is 0.192 e. The lowest BCUT2D eigenvalue weighted by atomic mass is 10.2. The van der Waals surface area contributed by atoms with Crippen molar-refractivity contribution in [2.24, 2.45) is 0 Å². The summed E-state index contributed by atoms with van der Waals surface area (Å²) < 4.78 is 14.9. The van der Waals surface area contributed by atoms with E-state index in [1.165, 1.54) is 16.0 Å². The summed E-state index contributed by atoms with van der Waals surface area (Å²) in [5, 5.41) is 16.4. The van der Waals surface area contributed by atoms with Gasteiger partial charge in [0.25, 0.3) is 0 Å². The molecule has 0 radical (unpaired) electrons. The minimum Gasteiger partial charge on any atom is -0.394 e. The van der Waals surface area contributed by atoms with E-state index < -0.39 is 5.82 Å². The van der Waals surface area contributed by atoms with Crippen molar-refractivity contribution in [3.05, 3.63) is 22.6 Å². The van der Waals surface area contributed by atoms with E-state index in [0.717, 1.165) is 0 Å². The molecule has 0 saturated heterocycles. The topological polar surface area (TPSA) is 64.1 Å². The van der Waals surface area contributed by atoms with E-state index >= 15 is 0 Å². The monoisotopic (exact) mass is 227 g/mol. The number of aliphatic hydroxyl groups excluding tert-OH is 1. The molecule has 2 aromatic rings. The quantitative estimate of drug-likeness (QED) is 0.831. The van der Waals surface area contributed by atoms with E-state index in [1.54, 1.807) is 11.4 Å². The lowest BCUT2D eigenvalue weighted by Gasteiger charge is -1.98. The van der Waals surface area contributed by atoms with Gasteiger partial charge in [0.2, 0.25) is 0 Å². The normalized spacial score (nSPS) is 10.8. The van der Waals surface area contributed by atoms with Crippen LogP contribution in [0.4, 0.5) is 10.2 Å². The Hall–Kier alpha value is -1.40. The number of hydrogen-bond acceptors (Lipinski definition) is 4. The molecule has 0 aliphatic rings. The van der Waals surface area contributed by atoms with E-state index in [1.807, 2.05) is 5.38 Å². The lowest BCUT2D eigenvalue weighted by Crippen LogP contribution is -2.07. The molecule has 0 fully saturated rings. The van der Waals surface area contributed by atoms with Gasteiger partial charge < -0.3 is 10.8 Å². The SMILES string of the molecule is Nc1c(F)c(-c2ccsc2)nn1CCO. The molecular formula is C9H10FN3OS.